The van der Waals surface area contributed by atoms with Gasteiger partial charge in [0.25, 0.3) is 5.91 Å². The molecular weight excluding hydrogens is 372 g/mol. The highest BCUT2D eigenvalue weighted by molar-refractivity contribution is 7.08. The van der Waals surface area contributed by atoms with Crippen molar-refractivity contribution in [2.75, 3.05) is 6.54 Å². The SMILES string of the molecule is O=C(c1cc2ccc(Cl)cn2n1)N1CCn2c(nnc2-c2ccsc2)C1. The molecule has 0 saturated carbocycles. The average molecular weight is 385 g/mol. The third kappa shape index (κ3) is 2.49. The number of carbonyl (C=O) groups excluding carboxylic acids is 1. The third-order valence-electron chi connectivity index (χ3n) is 4.46. The van der Waals surface area contributed by atoms with Crippen LogP contribution in [-0.2, 0) is 13.1 Å². The summed E-state index contributed by atoms with van der Waals surface area (Å²) < 4.78 is 3.70. The maximum absolute atomic E-state index is 12.9. The number of nitrogens with zero attached hydrogens (tertiary/aromatic N) is 6. The molecule has 0 bridgehead atoms. The summed E-state index contributed by atoms with van der Waals surface area (Å²) in [5, 5.41) is 17.6. The van der Waals surface area contributed by atoms with Gasteiger partial charge in [-0.2, -0.15) is 16.4 Å². The lowest BCUT2D eigenvalue weighted by Gasteiger charge is -2.27. The van der Waals surface area contributed by atoms with Crippen LogP contribution in [0.5, 0.6) is 0 Å². The fourth-order valence-electron chi connectivity index (χ4n) is 3.16. The lowest BCUT2D eigenvalue weighted by atomic mass is 10.2. The molecule has 0 radical (unpaired) electrons. The molecule has 130 valence electrons. The van der Waals surface area contributed by atoms with Crippen LogP contribution in [0.1, 0.15) is 16.3 Å². The summed E-state index contributed by atoms with van der Waals surface area (Å²) in [7, 11) is 0. The first-order valence-electron chi connectivity index (χ1n) is 8.08. The van der Waals surface area contributed by atoms with Gasteiger partial charge in [0.15, 0.2) is 17.3 Å². The Bertz CT molecular complexity index is 1120. The van der Waals surface area contributed by atoms with E-state index in [0.29, 0.717) is 30.4 Å². The quantitative estimate of drug-likeness (QED) is 0.533. The lowest BCUT2D eigenvalue weighted by molar-refractivity contribution is 0.0701. The maximum Gasteiger partial charge on any atom is 0.274 e. The zero-order valence-corrected chi connectivity index (χ0v) is 15.1. The van der Waals surface area contributed by atoms with Crippen molar-refractivity contribution in [1.29, 1.82) is 0 Å². The lowest BCUT2D eigenvalue weighted by Crippen LogP contribution is -2.38. The first-order valence-corrected chi connectivity index (χ1v) is 9.40. The van der Waals surface area contributed by atoms with E-state index in [1.165, 1.54) is 0 Å². The number of pyridine rings is 1. The van der Waals surface area contributed by atoms with Crippen molar-refractivity contribution in [1.82, 2.24) is 29.3 Å². The minimum Gasteiger partial charge on any atom is -0.328 e. The molecule has 7 nitrogen and oxygen atoms in total. The van der Waals surface area contributed by atoms with Gasteiger partial charge < -0.3 is 9.47 Å². The molecule has 26 heavy (non-hydrogen) atoms. The fourth-order valence-corrected chi connectivity index (χ4v) is 3.95. The molecule has 4 aromatic heterocycles. The topological polar surface area (TPSA) is 68.3 Å². The van der Waals surface area contributed by atoms with E-state index in [-0.39, 0.29) is 5.91 Å². The van der Waals surface area contributed by atoms with E-state index >= 15 is 0 Å². The molecule has 4 aromatic rings. The van der Waals surface area contributed by atoms with E-state index in [1.807, 2.05) is 17.5 Å². The van der Waals surface area contributed by atoms with E-state index < -0.39 is 0 Å². The molecule has 0 spiro atoms. The second-order valence-corrected chi connectivity index (χ2v) is 7.29. The molecule has 9 heteroatoms. The summed E-state index contributed by atoms with van der Waals surface area (Å²) in [5.74, 6) is 1.53. The van der Waals surface area contributed by atoms with Gasteiger partial charge in [0.1, 0.15) is 0 Å². The third-order valence-corrected chi connectivity index (χ3v) is 5.37. The second-order valence-electron chi connectivity index (χ2n) is 6.08. The smallest absolute Gasteiger partial charge is 0.274 e. The van der Waals surface area contributed by atoms with E-state index in [4.69, 9.17) is 11.6 Å². The number of hydrogen-bond acceptors (Lipinski definition) is 5. The number of halogens is 1. The Kier molecular flexibility index (Phi) is 3.54. The Morgan fingerprint density at radius 2 is 2.12 bits per heavy atom. The van der Waals surface area contributed by atoms with Crippen LogP contribution in [0, 0.1) is 0 Å². The van der Waals surface area contributed by atoms with Crippen LogP contribution >= 0.6 is 22.9 Å². The number of carbonyl (C=O) groups is 1. The fraction of sp³-hybridized carbons (Fsp3) is 0.176. The van der Waals surface area contributed by atoms with Gasteiger partial charge in [-0.3, -0.25) is 4.79 Å². The van der Waals surface area contributed by atoms with Gasteiger partial charge in [0.05, 0.1) is 17.1 Å². The van der Waals surface area contributed by atoms with Crippen molar-refractivity contribution < 1.29 is 4.79 Å². The minimum atomic E-state index is -0.115. The highest BCUT2D eigenvalue weighted by atomic mass is 35.5. The molecule has 5 heterocycles. The first kappa shape index (κ1) is 15.5. The zero-order valence-electron chi connectivity index (χ0n) is 13.5. The van der Waals surface area contributed by atoms with Crippen LogP contribution in [0.4, 0.5) is 0 Å². The van der Waals surface area contributed by atoms with Gasteiger partial charge >= 0.3 is 0 Å². The van der Waals surface area contributed by atoms with Gasteiger partial charge in [-0.05, 0) is 29.6 Å². The summed E-state index contributed by atoms with van der Waals surface area (Å²) in [6, 6.07) is 7.42. The standard InChI is InChI=1S/C17H13ClN6OS/c18-12-1-2-13-7-14(21-24(13)8-12)17(25)22-4-5-23-15(9-22)19-20-16(23)11-3-6-26-10-11/h1-3,6-8,10H,4-5,9H2. The van der Waals surface area contributed by atoms with Crippen molar-refractivity contribution in [3.63, 3.8) is 0 Å². The van der Waals surface area contributed by atoms with Crippen molar-refractivity contribution >= 4 is 34.4 Å². The minimum absolute atomic E-state index is 0.115. The predicted molar refractivity (Wildman–Crippen MR) is 98.3 cm³/mol. The molecule has 0 atom stereocenters. The Morgan fingerprint density at radius 3 is 2.96 bits per heavy atom. The molecule has 0 aromatic carbocycles. The Hall–Kier alpha value is -2.71. The molecule has 1 aliphatic heterocycles. The van der Waals surface area contributed by atoms with Gasteiger partial charge in [0.2, 0.25) is 0 Å². The van der Waals surface area contributed by atoms with Crippen LogP contribution in [0.15, 0.2) is 41.2 Å². The van der Waals surface area contributed by atoms with E-state index in [9.17, 15) is 4.79 Å². The van der Waals surface area contributed by atoms with Gasteiger partial charge in [-0.1, -0.05) is 11.6 Å². The summed E-state index contributed by atoms with van der Waals surface area (Å²) >= 11 is 7.61. The number of amides is 1. The predicted octanol–water partition coefficient (Wildman–Crippen LogP) is 2.96. The van der Waals surface area contributed by atoms with Crippen LogP contribution in [0.2, 0.25) is 5.02 Å². The van der Waals surface area contributed by atoms with Crippen LogP contribution < -0.4 is 0 Å². The maximum atomic E-state index is 12.9. The van der Waals surface area contributed by atoms with Crippen molar-refractivity contribution in [2.24, 2.45) is 0 Å². The van der Waals surface area contributed by atoms with E-state index in [2.05, 4.69) is 25.2 Å². The molecule has 0 unspecified atom stereocenters. The number of hydrogen-bond donors (Lipinski definition) is 0. The number of rotatable bonds is 2. The molecule has 5 rings (SSSR count). The highest BCUT2D eigenvalue weighted by Crippen LogP contribution is 2.24. The van der Waals surface area contributed by atoms with Gasteiger partial charge in [-0.25, -0.2) is 4.52 Å². The Labute approximate surface area is 157 Å². The summed E-state index contributed by atoms with van der Waals surface area (Å²) in [5.41, 5.74) is 2.29. The highest BCUT2D eigenvalue weighted by Gasteiger charge is 2.27. The van der Waals surface area contributed by atoms with Crippen LogP contribution in [-0.4, -0.2) is 41.7 Å². The molecular formula is C17H13ClN6OS. The Morgan fingerprint density at radius 1 is 1.19 bits per heavy atom. The molecule has 1 aliphatic rings. The number of fused-ring (bicyclic) bond motifs is 2. The molecule has 0 saturated heterocycles. The second kappa shape index (κ2) is 5.93. The Balaban J connectivity index is 1.42. The molecule has 0 aliphatic carbocycles. The van der Waals surface area contributed by atoms with Crippen molar-refractivity contribution in [3.8, 4) is 11.4 Å². The largest absolute Gasteiger partial charge is 0.328 e. The van der Waals surface area contributed by atoms with Gasteiger partial charge in [0, 0.05) is 30.2 Å². The molecule has 1 amide bonds. The van der Waals surface area contributed by atoms with E-state index in [0.717, 1.165) is 22.7 Å². The normalized spacial score (nSPS) is 14.0. The van der Waals surface area contributed by atoms with Crippen molar-refractivity contribution in [3.05, 3.63) is 57.8 Å². The average Bonchev–Trinajstić information content (AvgIpc) is 3.38. The zero-order chi connectivity index (χ0) is 17.7. The first-order chi connectivity index (χ1) is 12.7. The monoisotopic (exact) mass is 384 g/mol. The van der Waals surface area contributed by atoms with E-state index in [1.54, 1.807) is 39.1 Å². The summed E-state index contributed by atoms with van der Waals surface area (Å²) in [6.07, 6.45) is 1.69. The number of thiophene rings is 1. The van der Waals surface area contributed by atoms with Gasteiger partial charge in [-0.15, -0.1) is 10.2 Å². The van der Waals surface area contributed by atoms with Crippen LogP contribution in [0.3, 0.4) is 0 Å². The van der Waals surface area contributed by atoms with Crippen molar-refractivity contribution in [2.45, 2.75) is 13.1 Å². The molecule has 0 N–H and O–H groups in total. The van der Waals surface area contributed by atoms with Crippen LogP contribution in [0.25, 0.3) is 16.9 Å². The summed E-state index contributed by atoms with van der Waals surface area (Å²) in [4.78, 5) is 14.6. The number of aromatic nitrogens is 5. The summed E-state index contributed by atoms with van der Waals surface area (Å²) in [6.45, 7) is 1.68. The molecule has 0 fully saturated rings.